The summed E-state index contributed by atoms with van der Waals surface area (Å²) in [4.78, 5) is 19.5. The van der Waals surface area contributed by atoms with Crippen LogP contribution in [0, 0.1) is 11.6 Å². The summed E-state index contributed by atoms with van der Waals surface area (Å²) in [6, 6.07) is 2.02. The number of aromatic nitrogens is 1. The number of carbonyl (C=O) groups is 1. The Hall–Kier alpha value is -3.43. The zero-order valence-corrected chi connectivity index (χ0v) is 15.4. The molecule has 8 nitrogen and oxygen atoms in total. The molecule has 1 N–H and O–H groups in total. The Bertz CT molecular complexity index is 923. The van der Waals surface area contributed by atoms with Crippen LogP contribution in [0.4, 0.5) is 25.0 Å². The molecular weight excluding hydrogens is 374 g/mol. The Morgan fingerprint density at radius 1 is 1.25 bits per heavy atom. The number of ether oxygens (including phenoxy) is 2. The van der Waals surface area contributed by atoms with Crippen molar-refractivity contribution in [2.45, 2.75) is 13.5 Å². The molecule has 0 unspecified atom stereocenters. The van der Waals surface area contributed by atoms with Gasteiger partial charge in [0.15, 0.2) is 23.1 Å². The number of carbonyl (C=O) groups excluding carboxylic acids is 1. The smallest absolute Gasteiger partial charge is 0.329 e. The summed E-state index contributed by atoms with van der Waals surface area (Å²) < 4.78 is 39.7. The number of hydrogen-bond acceptors (Lipinski definition) is 6. The third-order valence-electron chi connectivity index (χ3n) is 4.39. The van der Waals surface area contributed by atoms with E-state index in [0.29, 0.717) is 16.9 Å². The highest BCUT2D eigenvalue weighted by molar-refractivity contribution is 6.06. The van der Waals surface area contributed by atoms with Crippen LogP contribution in [0.25, 0.3) is 0 Å². The van der Waals surface area contributed by atoms with Crippen molar-refractivity contribution < 1.29 is 28.3 Å². The second-order valence-electron chi connectivity index (χ2n) is 5.85. The number of amides is 2. The number of pyridine rings is 1. The van der Waals surface area contributed by atoms with Crippen LogP contribution in [-0.2, 0) is 6.54 Å². The van der Waals surface area contributed by atoms with Crippen LogP contribution in [0.3, 0.4) is 0 Å². The SMILES string of the molecule is CCN1C(=O)N(c2c(F)c(OC)cc(OC)c2F)Cc2cnc(/C=N\O)cc21. The van der Waals surface area contributed by atoms with Gasteiger partial charge in [-0.1, -0.05) is 5.16 Å². The van der Waals surface area contributed by atoms with Crippen molar-refractivity contribution in [2.24, 2.45) is 5.16 Å². The molecule has 3 rings (SSSR count). The fourth-order valence-electron chi connectivity index (χ4n) is 3.07. The quantitative estimate of drug-likeness (QED) is 0.480. The molecule has 1 aromatic carbocycles. The number of benzene rings is 1. The van der Waals surface area contributed by atoms with Gasteiger partial charge in [0.2, 0.25) is 0 Å². The van der Waals surface area contributed by atoms with Crippen LogP contribution in [-0.4, -0.2) is 43.2 Å². The first-order valence-electron chi connectivity index (χ1n) is 8.32. The highest BCUT2D eigenvalue weighted by atomic mass is 19.1. The minimum absolute atomic E-state index is 0.113. The summed E-state index contributed by atoms with van der Waals surface area (Å²) in [7, 11) is 2.47. The number of oxime groups is 1. The zero-order valence-electron chi connectivity index (χ0n) is 15.4. The molecule has 2 heterocycles. The predicted octanol–water partition coefficient (Wildman–Crippen LogP) is 3.15. The van der Waals surface area contributed by atoms with Crippen molar-refractivity contribution in [2.75, 3.05) is 30.6 Å². The average Bonchev–Trinajstić information content (AvgIpc) is 2.69. The third kappa shape index (κ3) is 3.06. The summed E-state index contributed by atoms with van der Waals surface area (Å²) in [6.07, 6.45) is 2.58. The van der Waals surface area contributed by atoms with Gasteiger partial charge in [-0.2, -0.15) is 0 Å². The van der Waals surface area contributed by atoms with E-state index >= 15 is 0 Å². The molecule has 1 aromatic heterocycles. The van der Waals surface area contributed by atoms with Crippen molar-refractivity contribution in [3.8, 4) is 11.5 Å². The van der Waals surface area contributed by atoms with Crippen LogP contribution in [0.15, 0.2) is 23.5 Å². The van der Waals surface area contributed by atoms with Crippen LogP contribution in [0.1, 0.15) is 18.2 Å². The summed E-state index contributed by atoms with van der Waals surface area (Å²) >= 11 is 0. The van der Waals surface area contributed by atoms with E-state index in [1.165, 1.54) is 25.3 Å². The Balaban J connectivity index is 2.16. The van der Waals surface area contributed by atoms with E-state index in [1.807, 2.05) is 0 Å². The molecule has 0 fully saturated rings. The number of fused-ring (bicyclic) bond motifs is 1. The second-order valence-corrected chi connectivity index (χ2v) is 5.85. The molecule has 0 saturated carbocycles. The second kappa shape index (κ2) is 7.67. The van der Waals surface area contributed by atoms with Crippen molar-refractivity contribution in [1.82, 2.24) is 4.98 Å². The van der Waals surface area contributed by atoms with Gasteiger partial charge in [0, 0.05) is 24.4 Å². The fourth-order valence-corrected chi connectivity index (χ4v) is 3.07. The zero-order chi connectivity index (χ0) is 20.4. The summed E-state index contributed by atoms with van der Waals surface area (Å²) in [5.74, 6) is -2.51. The van der Waals surface area contributed by atoms with E-state index in [2.05, 4.69) is 10.1 Å². The van der Waals surface area contributed by atoms with Gasteiger partial charge >= 0.3 is 6.03 Å². The molecule has 28 heavy (non-hydrogen) atoms. The third-order valence-corrected chi connectivity index (χ3v) is 4.39. The molecule has 0 spiro atoms. The average molecular weight is 392 g/mol. The van der Waals surface area contributed by atoms with Gasteiger partial charge in [0.25, 0.3) is 0 Å². The molecule has 0 atom stereocenters. The lowest BCUT2D eigenvalue weighted by molar-refractivity contribution is 0.249. The molecule has 148 valence electrons. The first-order chi connectivity index (χ1) is 13.5. The summed E-state index contributed by atoms with van der Waals surface area (Å²) in [6.45, 7) is 1.86. The maximum atomic E-state index is 14.9. The largest absolute Gasteiger partial charge is 0.493 e. The van der Waals surface area contributed by atoms with Gasteiger partial charge in [0.1, 0.15) is 5.69 Å². The summed E-state index contributed by atoms with van der Waals surface area (Å²) in [5, 5.41) is 11.6. The fraction of sp³-hybridized carbons (Fsp3) is 0.278. The van der Waals surface area contributed by atoms with E-state index in [9.17, 15) is 13.6 Å². The van der Waals surface area contributed by atoms with Crippen LogP contribution < -0.4 is 19.3 Å². The van der Waals surface area contributed by atoms with E-state index in [-0.39, 0.29) is 24.6 Å². The Morgan fingerprint density at radius 2 is 1.89 bits per heavy atom. The predicted molar refractivity (Wildman–Crippen MR) is 97.7 cm³/mol. The van der Waals surface area contributed by atoms with Gasteiger partial charge < -0.3 is 14.7 Å². The lowest BCUT2D eigenvalue weighted by Gasteiger charge is -2.36. The first-order valence-corrected chi connectivity index (χ1v) is 8.32. The number of urea groups is 1. The molecule has 10 heteroatoms. The molecule has 1 aliphatic heterocycles. The highest BCUT2D eigenvalue weighted by Crippen LogP contribution is 2.40. The number of rotatable bonds is 5. The van der Waals surface area contributed by atoms with E-state index in [0.717, 1.165) is 17.2 Å². The first kappa shape index (κ1) is 19.3. The van der Waals surface area contributed by atoms with Crippen molar-refractivity contribution in [3.63, 3.8) is 0 Å². The molecule has 2 amide bonds. The van der Waals surface area contributed by atoms with Crippen LogP contribution in [0.2, 0.25) is 0 Å². The van der Waals surface area contributed by atoms with E-state index < -0.39 is 23.4 Å². The monoisotopic (exact) mass is 392 g/mol. The number of nitrogens with zero attached hydrogens (tertiary/aromatic N) is 4. The van der Waals surface area contributed by atoms with Crippen molar-refractivity contribution in [3.05, 3.63) is 41.2 Å². The molecule has 0 saturated heterocycles. The van der Waals surface area contributed by atoms with Gasteiger partial charge in [-0.3, -0.25) is 14.8 Å². The molecular formula is C18H18F2N4O4. The maximum Gasteiger partial charge on any atom is 0.329 e. The molecule has 0 radical (unpaired) electrons. The number of hydrogen-bond donors (Lipinski definition) is 1. The van der Waals surface area contributed by atoms with Crippen LogP contribution >= 0.6 is 0 Å². The minimum atomic E-state index is -1.01. The molecule has 2 aromatic rings. The van der Waals surface area contributed by atoms with Crippen molar-refractivity contribution >= 4 is 23.6 Å². The topological polar surface area (TPSA) is 87.5 Å². The minimum Gasteiger partial charge on any atom is -0.493 e. The standard InChI is InChI=1S/C18H18F2N4O4/c1-4-23-12-5-11(8-22-26)21-7-10(12)9-24(18(23)25)17-15(19)13(27-2)6-14(28-3)16(17)20/h5-8,26H,4,9H2,1-3H3/b22-8-. The van der Waals surface area contributed by atoms with Crippen LogP contribution in [0.5, 0.6) is 11.5 Å². The van der Waals surface area contributed by atoms with Gasteiger partial charge in [-0.15, -0.1) is 0 Å². The molecule has 1 aliphatic rings. The maximum absolute atomic E-state index is 14.9. The van der Waals surface area contributed by atoms with E-state index in [4.69, 9.17) is 14.7 Å². The van der Waals surface area contributed by atoms with Crippen molar-refractivity contribution in [1.29, 1.82) is 0 Å². The van der Waals surface area contributed by atoms with E-state index in [1.54, 1.807) is 13.0 Å². The Labute approximate surface area is 159 Å². The highest BCUT2D eigenvalue weighted by Gasteiger charge is 2.36. The van der Waals surface area contributed by atoms with Gasteiger partial charge in [-0.25, -0.2) is 13.6 Å². The Morgan fingerprint density at radius 3 is 2.43 bits per heavy atom. The lowest BCUT2D eigenvalue weighted by atomic mass is 10.1. The Kier molecular flexibility index (Phi) is 5.30. The number of halogens is 2. The lowest BCUT2D eigenvalue weighted by Crippen LogP contribution is -2.48. The normalized spacial score (nSPS) is 13.8. The molecule has 0 bridgehead atoms. The number of methoxy groups -OCH3 is 2. The van der Waals surface area contributed by atoms with Gasteiger partial charge in [0.05, 0.1) is 38.4 Å². The van der Waals surface area contributed by atoms with Gasteiger partial charge in [-0.05, 0) is 13.0 Å². The number of anilines is 2. The summed E-state index contributed by atoms with van der Waals surface area (Å²) in [5.41, 5.74) is 0.856. The molecule has 0 aliphatic carbocycles.